The number of amides is 2. The Balaban J connectivity index is 1.72. The summed E-state index contributed by atoms with van der Waals surface area (Å²) in [5.74, 6) is -0.439. The number of benzene rings is 1. The third-order valence-corrected chi connectivity index (χ3v) is 4.62. The third kappa shape index (κ3) is 3.88. The normalized spacial score (nSPS) is 12.3. The quantitative estimate of drug-likeness (QED) is 0.737. The number of fused-ring (bicyclic) bond motifs is 1. The second kappa shape index (κ2) is 7.06. The Kier molecular flexibility index (Phi) is 4.85. The lowest BCUT2D eigenvalue weighted by Gasteiger charge is -2.21. The van der Waals surface area contributed by atoms with Crippen LogP contribution in [0.1, 0.15) is 20.8 Å². The van der Waals surface area contributed by atoms with Gasteiger partial charge < -0.3 is 10.6 Å². The van der Waals surface area contributed by atoms with Gasteiger partial charge in [0.1, 0.15) is 6.04 Å². The van der Waals surface area contributed by atoms with Crippen LogP contribution in [0.15, 0.2) is 42.0 Å². The molecule has 2 N–H and O–H groups in total. The van der Waals surface area contributed by atoms with Crippen molar-refractivity contribution in [2.45, 2.75) is 26.8 Å². The molecule has 0 fully saturated rings. The van der Waals surface area contributed by atoms with Gasteiger partial charge in [-0.1, -0.05) is 26.0 Å². The summed E-state index contributed by atoms with van der Waals surface area (Å²) in [6, 6.07) is 6.96. The van der Waals surface area contributed by atoms with E-state index in [4.69, 9.17) is 0 Å². The Bertz CT molecular complexity index is 867. The molecular formula is C18H20N4O2S. The van der Waals surface area contributed by atoms with Crippen LogP contribution in [0.2, 0.25) is 0 Å². The summed E-state index contributed by atoms with van der Waals surface area (Å²) in [5, 5.41) is 7.53. The van der Waals surface area contributed by atoms with E-state index in [-0.39, 0.29) is 17.7 Å². The lowest BCUT2D eigenvalue weighted by atomic mass is 10.0. The molecule has 0 bridgehead atoms. The molecule has 130 valence electrons. The maximum atomic E-state index is 12.4. The molecule has 2 amide bonds. The first-order valence-corrected chi connectivity index (χ1v) is 8.92. The lowest BCUT2D eigenvalue weighted by molar-refractivity contribution is -0.126. The largest absolute Gasteiger partial charge is 0.344 e. The van der Waals surface area contributed by atoms with Crippen molar-refractivity contribution in [3.63, 3.8) is 0 Å². The number of aromatic nitrogens is 2. The summed E-state index contributed by atoms with van der Waals surface area (Å²) in [5.41, 5.74) is 2.56. The first-order chi connectivity index (χ1) is 11.9. The summed E-state index contributed by atoms with van der Waals surface area (Å²) in [6.45, 7) is 5.20. The molecule has 3 aromatic rings. The summed E-state index contributed by atoms with van der Waals surface area (Å²) in [4.78, 5) is 29.2. The number of anilines is 1. The molecule has 6 nitrogen and oxygen atoms in total. The van der Waals surface area contributed by atoms with E-state index >= 15 is 0 Å². The highest BCUT2D eigenvalue weighted by Gasteiger charge is 2.23. The van der Waals surface area contributed by atoms with Gasteiger partial charge in [-0.3, -0.25) is 14.0 Å². The second-order valence-corrected chi connectivity index (χ2v) is 7.08. The first kappa shape index (κ1) is 17.2. The molecule has 0 saturated carbocycles. The summed E-state index contributed by atoms with van der Waals surface area (Å²) < 4.78 is 1.98. The second-order valence-electron chi connectivity index (χ2n) is 6.21. The average molecular weight is 356 g/mol. The highest BCUT2D eigenvalue weighted by molar-refractivity contribution is 7.15. The molecule has 0 spiro atoms. The smallest absolute Gasteiger partial charge is 0.247 e. The molecule has 1 atom stereocenters. The zero-order valence-corrected chi connectivity index (χ0v) is 15.1. The van der Waals surface area contributed by atoms with Gasteiger partial charge in [0.2, 0.25) is 11.8 Å². The number of nitrogens with zero attached hydrogens (tertiary/aromatic N) is 2. The van der Waals surface area contributed by atoms with Gasteiger partial charge in [0, 0.05) is 35.9 Å². The maximum absolute atomic E-state index is 12.4. The summed E-state index contributed by atoms with van der Waals surface area (Å²) in [7, 11) is 0. The topological polar surface area (TPSA) is 75.5 Å². The third-order valence-electron chi connectivity index (χ3n) is 3.85. The Labute approximate surface area is 149 Å². The van der Waals surface area contributed by atoms with Crippen molar-refractivity contribution in [3.05, 3.63) is 42.0 Å². The van der Waals surface area contributed by atoms with Gasteiger partial charge in [0.05, 0.1) is 5.69 Å². The van der Waals surface area contributed by atoms with E-state index < -0.39 is 6.04 Å². The van der Waals surface area contributed by atoms with Crippen LogP contribution in [0.25, 0.3) is 16.2 Å². The van der Waals surface area contributed by atoms with Crippen LogP contribution in [0.3, 0.4) is 0 Å². The van der Waals surface area contributed by atoms with Gasteiger partial charge in [-0.15, -0.1) is 11.3 Å². The number of hydrogen-bond acceptors (Lipinski definition) is 4. The molecule has 0 radical (unpaired) electrons. The predicted molar refractivity (Wildman–Crippen MR) is 99.6 cm³/mol. The standard InChI is InChI=1S/C18H20N4O2S/c1-11(2)16(19-12(3)23)17(24)20-14-6-4-13(5-7-14)15-10-22-8-9-25-18(22)21-15/h4-11,16H,1-3H3,(H,19,23)(H,20,24). The van der Waals surface area contributed by atoms with Crippen LogP contribution in [0, 0.1) is 5.92 Å². The molecule has 0 aliphatic heterocycles. The van der Waals surface area contributed by atoms with E-state index in [2.05, 4.69) is 15.6 Å². The molecule has 2 aromatic heterocycles. The van der Waals surface area contributed by atoms with E-state index in [1.54, 1.807) is 11.3 Å². The number of imidazole rings is 1. The highest BCUT2D eigenvalue weighted by Crippen LogP contribution is 2.23. The SMILES string of the molecule is CC(=O)NC(C(=O)Nc1ccc(-c2cn3ccsc3n2)cc1)C(C)C. The maximum Gasteiger partial charge on any atom is 0.247 e. The summed E-state index contributed by atoms with van der Waals surface area (Å²) in [6.07, 6.45) is 3.95. The van der Waals surface area contributed by atoms with E-state index in [1.807, 2.05) is 60.3 Å². The van der Waals surface area contributed by atoms with Crippen molar-refractivity contribution in [1.82, 2.24) is 14.7 Å². The molecular weight excluding hydrogens is 336 g/mol. The lowest BCUT2D eigenvalue weighted by Crippen LogP contribution is -2.46. The van der Waals surface area contributed by atoms with E-state index in [0.717, 1.165) is 16.2 Å². The molecule has 1 aromatic carbocycles. The fraction of sp³-hybridized carbons (Fsp3) is 0.278. The van der Waals surface area contributed by atoms with Crippen LogP contribution >= 0.6 is 11.3 Å². The van der Waals surface area contributed by atoms with Gasteiger partial charge in [-0.05, 0) is 18.1 Å². The number of nitrogens with one attached hydrogen (secondary N) is 2. The van der Waals surface area contributed by atoms with Crippen molar-refractivity contribution in [2.75, 3.05) is 5.32 Å². The van der Waals surface area contributed by atoms with Crippen molar-refractivity contribution in [2.24, 2.45) is 5.92 Å². The number of carbonyl (C=O) groups is 2. The molecule has 1 unspecified atom stereocenters. The minimum atomic E-state index is -0.558. The van der Waals surface area contributed by atoms with E-state index in [1.165, 1.54) is 6.92 Å². The Hall–Kier alpha value is -2.67. The van der Waals surface area contributed by atoms with Crippen molar-refractivity contribution in [1.29, 1.82) is 0 Å². The monoisotopic (exact) mass is 356 g/mol. The Morgan fingerprint density at radius 1 is 1.20 bits per heavy atom. The molecule has 3 rings (SSSR count). The molecule has 7 heteroatoms. The van der Waals surface area contributed by atoms with Crippen LogP contribution in [0.4, 0.5) is 5.69 Å². The van der Waals surface area contributed by atoms with Crippen LogP contribution in [-0.2, 0) is 9.59 Å². The summed E-state index contributed by atoms with van der Waals surface area (Å²) >= 11 is 1.59. The number of thiazole rings is 1. The zero-order chi connectivity index (χ0) is 18.0. The first-order valence-electron chi connectivity index (χ1n) is 8.04. The van der Waals surface area contributed by atoms with Crippen molar-refractivity contribution >= 4 is 33.8 Å². The number of rotatable bonds is 5. The molecule has 2 heterocycles. The van der Waals surface area contributed by atoms with E-state index in [9.17, 15) is 9.59 Å². The van der Waals surface area contributed by atoms with Crippen LogP contribution in [0.5, 0.6) is 0 Å². The van der Waals surface area contributed by atoms with E-state index in [0.29, 0.717) is 5.69 Å². The van der Waals surface area contributed by atoms with Gasteiger partial charge in [-0.2, -0.15) is 0 Å². The van der Waals surface area contributed by atoms with Crippen molar-refractivity contribution in [3.8, 4) is 11.3 Å². The van der Waals surface area contributed by atoms with Gasteiger partial charge in [0.25, 0.3) is 0 Å². The highest BCUT2D eigenvalue weighted by atomic mass is 32.1. The molecule has 0 saturated heterocycles. The molecule has 0 aliphatic carbocycles. The minimum Gasteiger partial charge on any atom is -0.344 e. The van der Waals surface area contributed by atoms with Gasteiger partial charge in [-0.25, -0.2) is 4.98 Å². The molecule has 25 heavy (non-hydrogen) atoms. The average Bonchev–Trinajstić information content (AvgIpc) is 3.14. The minimum absolute atomic E-state index is 0.00153. The van der Waals surface area contributed by atoms with Gasteiger partial charge >= 0.3 is 0 Å². The molecule has 0 aliphatic rings. The van der Waals surface area contributed by atoms with Gasteiger partial charge in [0.15, 0.2) is 4.96 Å². The zero-order valence-electron chi connectivity index (χ0n) is 14.3. The number of hydrogen-bond donors (Lipinski definition) is 2. The van der Waals surface area contributed by atoms with Crippen LogP contribution < -0.4 is 10.6 Å². The fourth-order valence-electron chi connectivity index (χ4n) is 2.56. The van der Waals surface area contributed by atoms with Crippen LogP contribution in [-0.4, -0.2) is 27.2 Å². The van der Waals surface area contributed by atoms with Crippen molar-refractivity contribution < 1.29 is 9.59 Å². The fourth-order valence-corrected chi connectivity index (χ4v) is 3.26. The predicted octanol–water partition coefficient (Wildman–Crippen LogP) is 3.16. The Morgan fingerprint density at radius 3 is 2.52 bits per heavy atom. The Morgan fingerprint density at radius 2 is 1.92 bits per heavy atom. The number of carbonyl (C=O) groups excluding carboxylic acids is 2.